The lowest BCUT2D eigenvalue weighted by Gasteiger charge is -2.06. The molecule has 0 aliphatic heterocycles. The van der Waals surface area contributed by atoms with Crippen molar-refractivity contribution in [3.05, 3.63) is 17.5 Å². The molecule has 0 aromatic carbocycles. The van der Waals surface area contributed by atoms with Crippen LogP contribution < -0.4 is 11.1 Å². The molecule has 0 saturated heterocycles. The maximum absolute atomic E-state index is 10.9. The van der Waals surface area contributed by atoms with Crippen LogP contribution in [0.25, 0.3) is 0 Å². The highest BCUT2D eigenvalue weighted by Crippen LogP contribution is 2.04. The van der Waals surface area contributed by atoms with Crippen molar-refractivity contribution in [2.45, 2.75) is 13.3 Å². The first kappa shape index (κ1) is 14.0. The van der Waals surface area contributed by atoms with Crippen molar-refractivity contribution in [1.82, 2.24) is 9.97 Å². The van der Waals surface area contributed by atoms with E-state index >= 15 is 0 Å². The lowest BCUT2D eigenvalue weighted by Crippen LogP contribution is -2.15. The molecule has 0 aliphatic carbocycles. The first-order chi connectivity index (χ1) is 7.99. The summed E-state index contributed by atoms with van der Waals surface area (Å²) in [6, 6.07) is 1.74. The van der Waals surface area contributed by atoms with E-state index in [4.69, 9.17) is 18.0 Å². The third kappa shape index (κ3) is 5.18. The molecule has 5 nitrogen and oxygen atoms in total. The Morgan fingerprint density at radius 3 is 2.88 bits per heavy atom. The summed E-state index contributed by atoms with van der Waals surface area (Å²) in [5, 5.41) is 3.06. The molecular weight excluding hydrogens is 256 g/mol. The molecule has 94 valence electrons. The van der Waals surface area contributed by atoms with Gasteiger partial charge < -0.3 is 11.1 Å². The van der Waals surface area contributed by atoms with Crippen molar-refractivity contribution in [3.8, 4) is 0 Å². The number of nitrogens with two attached hydrogens (primary N) is 1. The second-order valence-electron chi connectivity index (χ2n) is 3.64. The molecule has 1 heterocycles. The molecule has 17 heavy (non-hydrogen) atoms. The lowest BCUT2D eigenvalue weighted by molar-refractivity contribution is 0.685. The third-order valence-corrected chi connectivity index (χ3v) is 3.07. The van der Waals surface area contributed by atoms with Crippen LogP contribution in [0.1, 0.15) is 17.8 Å². The zero-order chi connectivity index (χ0) is 12.8. The van der Waals surface area contributed by atoms with E-state index in [1.165, 1.54) is 0 Å². The molecule has 1 aromatic heterocycles. The Morgan fingerprint density at radius 1 is 1.59 bits per heavy atom. The van der Waals surface area contributed by atoms with Crippen LogP contribution in [0.2, 0.25) is 0 Å². The molecule has 7 heteroatoms. The van der Waals surface area contributed by atoms with Gasteiger partial charge in [-0.15, -0.1) is 0 Å². The Labute approximate surface area is 109 Å². The predicted octanol–water partition coefficient (Wildman–Crippen LogP) is 0.600. The van der Waals surface area contributed by atoms with E-state index < -0.39 is 10.8 Å². The van der Waals surface area contributed by atoms with Crippen molar-refractivity contribution in [1.29, 1.82) is 0 Å². The molecule has 1 rings (SSSR count). The minimum atomic E-state index is -0.761. The van der Waals surface area contributed by atoms with E-state index in [1.807, 2.05) is 6.92 Å². The van der Waals surface area contributed by atoms with Gasteiger partial charge in [0.05, 0.1) is 0 Å². The average Bonchev–Trinajstić information content (AvgIpc) is 2.23. The van der Waals surface area contributed by atoms with E-state index in [2.05, 4.69) is 15.3 Å². The van der Waals surface area contributed by atoms with Crippen LogP contribution in [0.3, 0.4) is 0 Å². The van der Waals surface area contributed by atoms with Gasteiger partial charge >= 0.3 is 0 Å². The van der Waals surface area contributed by atoms with E-state index in [0.717, 1.165) is 12.1 Å². The maximum atomic E-state index is 10.9. The average molecular weight is 272 g/mol. The van der Waals surface area contributed by atoms with Crippen LogP contribution in [0, 0.1) is 6.92 Å². The number of anilines is 1. The Balaban J connectivity index is 2.59. The topological polar surface area (TPSA) is 80.9 Å². The Hall–Kier alpha value is -1.08. The Kier molecular flexibility index (Phi) is 5.43. The first-order valence-corrected chi connectivity index (χ1v) is 7.32. The number of nitrogens with one attached hydrogen (secondary N) is 1. The molecule has 0 saturated carbocycles. The summed E-state index contributed by atoms with van der Waals surface area (Å²) in [4.78, 5) is 8.66. The van der Waals surface area contributed by atoms with Gasteiger partial charge in [-0.2, -0.15) is 0 Å². The van der Waals surface area contributed by atoms with Gasteiger partial charge in [0.1, 0.15) is 10.7 Å². The largest absolute Gasteiger partial charge is 0.388 e. The number of aryl methyl sites for hydroxylation is 1. The van der Waals surface area contributed by atoms with Gasteiger partial charge in [-0.3, -0.25) is 4.21 Å². The van der Waals surface area contributed by atoms with Gasteiger partial charge in [-0.25, -0.2) is 9.97 Å². The summed E-state index contributed by atoms with van der Waals surface area (Å²) < 4.78 is 10.9. The van der Waals surface area contributed by atoms with Crippen molar-refractivity contribution in [2.24, 2.45) is 5.73 Å². The van der Waals surface area contributed by atoms with Crippen molar-refractivity contribution < 1.29 is 4.21 Å². The van der Waals surface area contributed by atoms with Gasteiger partial charge in [0.2, 0.25) is 5.95 Å². The first-order valence-electron chi connectivity index (χ1n) is 5.18. The van der Waals surface area contributed by atoms with Crippen LogP contribution >= 0.6 is 12.2 Å². The predicted molar refractivity (Wildman–Crippen MR) is 74.7 cm³/mol. The number of hydrogen-bond donors (Lipinski definition) is 2. The number of hydrogen-bond acceptors (Lipinski definition) is 5. The molecule has 0 spiro atoms. The highest BCUT2D eigenvalue weighted by Gasteiger charge is 2.03. The molecule has 0 radical (unpaired) electrons. The molecule has 1 unspecified atom stereocenters. The summed E-state index contributed by atoms with van der Waals surface area (Å²) in [7, 11) is -0.761. The molecule has 3 N–H and O–H groups in total. The van der Waals surface area contributed by atoms with Gasteiger partial charge in [0.25, 0.3) is 0 Å². The van der Waals surface area contributed by atoms with Gasteiger partial charge in [0.15, 0.2) is 0 Å². The van der Waals surface area contributed by atoms with Crippen molar-refractivity contribution in [3.63, 3.8) is 0 Å². The number of thiocarbonyl (C=S) groups is 1. The fourth-order valence-electron chi connectivity index (χ4n) is 1.25. The number of nitrogens with zero attached hydrogens (tertiary/aromatic N) is 2. The quantitative estimate of drug-likeness (QED) is 0.583. The van der Waals surface area contributed by atoms with E-state index in [-0.39, 0.29) is 4.99 Å². The minimum absolute atomic E-state index is 0.258. The maximum Gasteiger partial charge on any atom is 0.223 e. The van der Waals surface area contributed by atoms with E-state index in [9.17, 15) is 4.21 Å². The lowest BCUT2D eigenvalue weighted by atomic mass is 10.3. The highest BCUT2D eigenvalue weighted by atomic mass is 32.2. The van der Waals surface area contributed by atoms with Gasteiger partial charge in [0, 0.05) is 35.0 Å². The van der Waals surface area contributed by atoms with E-state index in [0.29, 0.717) is 23.9 Å². The third-order valence-electron chi connectivity index (χ3n) is 2.00. The van der Waals surface area contributed by atoms with Crippen molar-refractivity contribution >= 4 is 34.0 Å². The van der Waals surface area contributed by atoms with Crippen LogP contribution in [-0.4, -0.2) is 37.7 Å². The summed E-state index contributed by atoms with van der Waals surface area (Å²) in [5.74, 6) is 1.18. The number of rotatable bonds is 6. The molecule has 0 bridgehead atoms. The van der Waals surface area contributed by atoms with E-state index in [1.54, 1.807) is 12.3 Å². The van der Waals surface area contributed by atoms with Crippen LogP contribution in [0.4, 0.5) is 5.95 Å². The summed E-state index contributed by atoms with van der Waals surface area (Å²) in [6.45, 7) is 2.54. The van der Waals surface area contributed by atoms with Gasteiger partial charge in [-0.1, -0.05) is 12.2 Å². The zero-order valence-corrected chi connectivity index (χ0v) is 11.5. The molecule has 0 aliphatic rings. The van der Waals surface area contributed by atoms with Crippen LogP contribution in [0.15, 0.2) is 6.07 Å². The Morgan fingerprint density at radius 2 is 2.29 bits per heavy atom. The molecular formula is C10H16N4OS2. The molecule has 0 fully saturated rings. The summed E-state index contributed by atoms with van der Waals surface area (Å²) in [5.41, 5.74) is 6.89. The minimum Gasteiger partial charge on any atom is -0.388 e. The second-order valence-corrected chi connectivity index (χ2v) is 5.63. The SMILES string of the molecule is Cc1cc(C(N)=S)nc(NCCCS(C)=O)n1. The second kappa shape index (κ2) is 6.61. The zero-order valence-electron chi connectivity index (χ0n) is 9.90. The molecule has 1 atom stereocenters. The normalized spacial score (nSPS) is 12.1. The van der Waals surface area contributed by atoms with Gasteiger partial charge in [-0.05, 0) is 19.4 Å². The number of aromatic nitrogens is 2. The van der Waals surface area contributed by atoms with Crippen LogP contribution in [-0.2, 0) is 10.8 Å². The van der Waals surface area contributed by atoms with Crippen LogP contribution in [0.5, 0.6) is 0 Å². The molecule has 0 amide bonds. The fraction of sp³-hybridized carbons (Fsp3) is 0.500. The smallest absolute Gasteiger partial charge is 0.223 e. The monoisotopic (exact) mass is 272 g/mol. The highest BCUT2D eigenvalue weighted by molar-refractivity contribution is 7.84. The fourth-order valence-corrected chi connectivity index (χ4v) is 1.90. The summed E-state index contributed by atoms with van der Waals surface area (Å²) in [6.07, 6.45) is 2.50. The Bertz CT molecular complexity index is 436. The van der Waals surface area contributed by atoms with Crippen molar-refractivity contribution in [2.75, 3.05) is 23.9 Å². The summed E-state index contributed by atoms with van der Waals surface area (Å²) >= 11 is 4.87. The molecule has 1 aromatic rings. The standard InChI is InChI=1S/C10H16N4OS2/c1-7-6-8(9(11)16)14-10(13-7)12-4-3-5-17(2)15/h6H,3-5H2,1-2H3,(H2,11,16)(H,12,13,14).